The minimum absolute atomic E-state index is 0.00556. The van der Waals surface area contributed by atoms with Gasteiger partial charge in [-0.05, 0) is 36.2 Å². The summed E-state index contributed by atoms with van der Waals surface area (Å²) >= 11 is 0. The zero-order chi connectivity index (χ0) is 19.2. The van der Waals surface area contributed by atoms with E-state index in [9.17, 15) is 14.9 Å². The van der Waals surface area contributed by atoms with E-state index in [4.69, 9.17) is 4.42 Å². The summed E-state index contributed by atoms with van der Waals surface area (Å²) in [4.78, 5) is 30.6. The molecular formula is C17H16N6O4. The molecule has 0 fully saturated rings. The number of rotatable bonds is 7. The van der Waals surface area contributed by atoms with Gasteiger partial charge in [-0.15, -0.1) is 0 Å². The fourth-order valence-electron chi connectivity index (χ4n) is 2.28. The molecule has 2 aromatic heterocycles. The largest absolute Gasteiger partial charge is 0.459 e. The van der Waals surface area contributed by atoms with Gasteiger partial charge in [0.25, 0.3) is 0 Å². The van der Waals surface area contributed by atoms with Crippen molar-refractivity contribution in [3.63, 3.8) is 0 Å². The van der Waals surface area contributed by atoms with Gasteiger partial charge in [0.2, 0.25) is 11.6 Å². The first-order valence-corrected chi connectivity index (χ1v) is 8.03. The Morgan fingerprint density at radius 2 is 1.93 bits per heavy atom. The van der Waals surface area contributed by atoms with E-state index in [1.807, 2.05) is 19.1 Å². The number of aromatic nitrogens is 2. The molecule has 0 bridgehead atoms. The number of aryl methyl sites for hydroxylation is 1. The normalized spacial score (nSPS) is 10.3. The Morgan fingerprint density at radius 1 is 1.19 bits per heavy atom. The third-order valence-electron chi connectivity index (χ3n) is 3.67. The minimum Gasteiger partial charge on any atom is -0.459 e. The van der Waals surface area contributed by atoms with Crippen LogP contribution in [0.3, 0.4) is 0 Å². The first-order chi connectivity index (χ1) is 13.1. The minimum atomic E-state index is -0.635. The zero-order valence-corrected chi connectivity index (χ0v) is 14.3. The van der Waals surface area contributed by atoms with Gasteiger partial charge in [-0.3, -0.25) is 25.8 Å². The van der Waals surface area contributed by atoms with Crippen LogP contribution < -0.4 is 16.2 Å². The fourth-order valence-corrected chi connectivity index (χ4v) is 2.28. The lowest BCUT2D eigenvalue weighted by Crippen LogP contribution is -2.30. The Labute approximate surface area is 153 Å². The highest BCUT2D eigenvalue weighted by molar-refractivity contribution is 5.92. The second-order valence-electron chi connectivity index (χ2n) is 5.41. The number of furan rings is 1. The van der Waals surface area contributed by atoms with Gasteiger partial charge in [-0.25, -0.2) is 9.97 Å². The predicted octanol–water partition coefficient (Wildman–Crippen LogP) is 3.04. The molecule has 10 heteroatoms. The number of amides is 1. The van der Waals surface area contributed by atoms with Gasteiger partial charge in [0, 0.05) is 5.69 Å². The highest BCUT2D eigenvalue weighted by Crippen LogP contribution is 2.30. The molecule has 1 aromatic carbocycles. The molecule has 0 saturated heterocycles. The molecule has 1 amide bonds. The first kappa shape index (κ1) is 17.9. The van der Waals surface area contributed by atoms with Crippen LogP contribution in [0, 0.1) is 10.1 Å². The molecular weight excluding hydrogens is 352 g/mol. The van der Waals surface area contributed by atoms with Crippen LogP contribution in [0.25, 0.3) is 0 Å². The third kappa shape index (κ3) is 4.18. The number of hydrazine groups is 1. The lowest BCUT2D eigenvalue weighted by Gasteiger charge is -2.10. The molecule has 0 aliphatic heterocycles. The molecule has 3 aromatic rings. The van der Waals surface area contributed by atoms with Crippen LogP contribution in [0.2, 0.25) is 0 Å². The lowest BCUT2D eigenvalue weighted by atomic mass is 10.1. The van der Waals surface area contributed by atoms with Gasteiger partial charge in [0.15, 0.2) is 5.76 Å². The second-order valence-corrected chi connectivity index (χ2v) is 5.41. The van der Waals surface area contributed by atoms with E-state index in [0.717, 1.165) is 18.3 Å². The van der Waals surface area contributed by atoms with E-state index in [0.29, 0.717) is 5.69 Å². The molecule has 2 heterocycles. The van der Waals surface area contributed by atoms with Crippen molar-refractivity contribution in [2.45, 2.75) is 13.3 Å². The van der Waals surface area contributed by atoms with Crippen LogP contribution in [0.15, 0.2) is 53.4 Å². The average Bonchev–Trinajstić information content (AvgIpc) is 3.21. The zero-order valence-electron chi connectivity index (χ0n) is 14.3. The quantitative estimate of drug-likeness (QED) is 0.428. The van der Waals surface area contributed by atoms with Gasteiger partial charge in [0.05, 0.1) is 11.2 Å². The molecule has 0 saturated carbocycles. The molecule has 3 N–H and O–H groups in total. The van der Waals surface area contributed by atoms with Gasteiger partial charge < -0.3 is 9.73 Å². The summed E-state index contributed by atoms with van der Waals surface area (Å²) in [5.41, 5.74) is 6.10. The fraction of sp³-hybridized carbons (Fsp3) is 0.118. The Balaban J connectivity index is 1.81. The van der Waals surface area contributed by atoms with E-state index >= 15 is 0 Å². The van der Waals surface area contributed by atoms with Gasteiger partial charge in [-0.2, -0.15) is 0 Å². The Hall–Kier alpha value is -3.95. The van der Waals surface area contributed by atoms with Crippen molar-refractivity contribution in [3.05, 3.63) is 70.4 Å². The summed E-state index contributed by atoms with van der Waals surface area (Å²) in [5, 5.41) is 14.4. The number of hydrogen-bond donors (Lipinski definition) is 3. The summed E-state index contributed by atoms with van der Waals surface area (Å²) in [6, 6.07) is 10.4. The number of hydrogen-bond acceptors (Lipinski definition) is 8. The van der Waals surface area contributed by atoms with Gasteiger partial charge in [-0.1, -0.05) is 19.1 Å². The number of benzene rings is 1. The van der Waals surface area contributed by atoms with Crippen molar-refractivity contribution in [1.29, 1.82) is 0 Å². The number of carbonyl (C=O) groups is 1. The van der Waals surface area contributed by atoms with E-state index in [1.54, 1.807) is 18.2 Å². The highest BCUT2D eigenvalue weighted by atomic mass is 16.6. The molecule has 0 spiro atoms. The second kappa shape index (κ2) is 7.95. The van der Waals surface area contributed by atoms with Crippen molar-refractivity contribution in [2.75, 3.05) is 10.7 Å². The number of carbonyl (C=O) groups excluding carboxylic acids is 1. The molecule has 0 unspecified atom stereocenters. The summed E-state index contributed by atoms with van der Waals surface area (Å²) in [5.74, 6) is -0.720. The summed E-state index contributed by atoms with van der Waals surface area (Å²) in [7, 11) is 0. The van der Waals surface area contributed by atoms with E-state index in [1.165, 1.54) is 12.3 Å². The van der Waals surface area contributed by atoms with E-state index in [2.05, 4.69) is 26.1 Å². The van der Waals surface area contributed by atoms with Crippen LogP contribution in [0.4, 0.5) is 23.0 Å². The molecule has 0 aliphatic rings. The smallest absolute Gasteiger partial charge is 0.355 e. The van der Waals surface area contributed by atoms with Crippen LogP contribution >= 0.6 is 0 Å². The maximum absolute atomic E-state index is 11.9. The Kier molecular flexibility index (Phi) is 5.26. The Morgan fingerprint density at radius 3 is 2.56 bits per heavy atom. The van der Waals surface area contributed by atoms with Gasteiger partial charge in [0.1, 0.15) is 6.33 Å². The molecule has 27 heavy (non-hydrogen) atoms. The van der Waals surface area contributed by atoms with Crippen molar-refractivity contribution in [3.8, 4) is 0 Å². The van der Waals surface area contributed by atoms with Crippen LogP contribution in [-0.2, 0) is 6.42 Å². The van der Waals surface area contributed by atoms with Crippen molar-refractivity contribution >= 4 is 28.9 Å². The number of anilines is 3. The number of nitro groups is 1. The van der Waals surface area contributed by atoms with Crippen molar-refractivity contribution < 1.29 is 14.1 Å². The first-order valence-electron chi connectivity index (χ1n) is 8.03. The monoisotopic (exact) mass is 368 g/mol. The number of nitrogens with zero attached hydrogens (tertiary/aromatic N) is 3. The van der Waals surface area contributed by atoms with Crippen LogP contribution in [0.5, 0.6) is 0 Å². The standard InChI is InChI=1S/C17H16N6O4/c1-2-11-5-7-12(8-6-11)20-15-14(23(25)26)16(19-10-18-15)21-22-17(24)13-4-3-9-27-13/h3-10H,2H2,1H3,(H,22,24)(H2,18,19,20,21). The van der Waals surface area contributed by atoms with Crippen LogP contribution in [-0.4, -0.2) is 20.8 Å². The molecule has 0 atom stereocenters. The third-order valence-corrected chi connectivity index (χ3v) is 3.67. The molecule has 3 rings (SSSR count). The molecule has 10 nitrogen and oxygen atoms in total. The molecule has 138 valence electrons. The van der Waals surface area contributed by atoms with Crippen molar-refractivity contribution in [1.82, 2.24) is 15.4 Å². The number of nitrogens with one attached hydrogen (secondary N) is 3. The maximum Gasteiger partial charge on any atom is 0.355 e. The van der Waals surface area contributed by atoms with Crippen molar-refractivity contribution in [2.24, 2.45) is 0 Å². The average molecular weight is 368 g/mol. The topological polar surface area (TPSA) is 135 Å². The van der Waals surface area contributed by atoms with E-state index < -0.39 is 16.5 Å². The lowest BCUT2D eigenvalue weighted by molar-refractivity contribution is -0.383. The van der Waals surface area contributed by atoms with Crippen LogP contribution in [0.1, 0.15) is 23.0 Å². The van der Waals surface area contributed by atoms with E-state index in [-0.39, 0.29) is 17.4 Å². The predicted molar refractivity (Wildman–Crippen MR) is 97.6 cm³/mol. The highest BCUT2D eigenvalue weighted by Gasteiger charge is 2.24. The summed E-state index contributed by atoms with van der Waals surface area (Å²) < 4.78 is 4.95. The summed E-state index contributed by atoms with van der Waals surface area (Å²) in [6.45, 7) is 2.03. The maximum atomic E-state index is 11.9. The Bertz CT molecular complexity index is 941. The van der Waals surface area contributed by atoms with Gasteiger partial charge >= 0.3 is 11.6 Å². The molecule has 0 radical (unpaired) electrons. The SMILES string of the molecule is CCc1ccc(Nc2ncnc(NNC(=O)c3ccco3)c2[N+](=O)[O-])cc1. The molecule has 0 aliphatic carbocycles. The summed E-state index contributed by atoms with van der Waals surface area (Å²) in [6.07, 6.45) is 3.38.